The van der Waals surface area contributed by atoms with Crippen molar-refractivity contribution >= 4 is 17.5 Å². The minimum Gasteiger partial charge on any atom is -0.274 e. The van der Waals surface area contributed by atoms with Crippen LogP contribution in [0.2, 0.25) is 0 Å². The second kappa shape index (κ2) is 3.43. The van der Waals surface area contributed by atoms with E-state index >= 15 is 0 Å². The van der Waals surface area contributed by atoms with Crippen molar-refractivity contribution < 1.29 is 14.0 Å². The number of carbonyl (C=O) groups is 2. The summed E-state index contributed by atoms with van der Waals surface area (Å²) in [6.45, 7) is 0. The number of hydrogen-bond acceptors (Lipinski definition) is 2. The van der Waals surface area contributed by atoms with Crippen molar-refractivity contribution in [1.82, 2.24) is 0 Å². The van der Waals surface area contributed by atoms with Gasteiger partial charge in [0.15, 0.2) is 0 Å². The zero-order valence-corrected chi connectivity index (χ0v) is 11.3. The highest BCUT2D eigenvalue weighted by atomic mass is 19.1. The van der Waals surface area contributed by atoms with E-state index in [-0.39, 0.29) is 46.6 Å². The highest BCUT2D eigenvalue weighted by Gasteiger charge is 2.73. The molecule has 4 atom stereocenters. The number of fused-ring (bicyclic) bond motifs is 3. The number of imide groups is 1. The van der Waals surface area contributed by atoms with Gasteiger partial charge in [-0.2, -0.15) is 0 Å². The monoisotopic (exact) mass is 283 g/mol. The molecule has 0 unspecified atom stereocenters. The van der Waals surface area contributed by atoms with Crippen molar-refractivity contribution in [3.63, 3.8) is 0 Å². The first kappa shape index (κ1) is 11.7. The summed E-state index contributed by atoms with van der Waals surface area (Å²) in [5.74, 6) is -1.11. The van der Waals surface area contributed by atoms with Crippen molar-refractivity contribution in [3.05, 3.63) is 42.2 Å². The molecular weight excluding hydrogens is 269 g/mol. The molecule has 4 aliphatic rings. The van der Waals surface area contributed by atoms with E-state index in [2.05, 4.69) is 12.2 Å². The molecule has 1 saturated heterocycles. The number of amides is 2. The summed E-state index contributed by atoms with van der Waals surface area (Å²) in [4.78, 5) is 26.6. The summed E-state index contributed by atoms with van der Waals surface area (Å²) in [6.07, 6.45) is 6.47. The van der Waals surface area contributed by atoms with Crippen LogP contribution in [0.25, 0.3) is 0 Å². The lowest BCUT2D eigenvalue weighted by Gasteiger charge is -2.21. The van der Waals surface area contributed by atoms with Crippen LogP contribution in [0.4, 0.5) is 10.1 Å². The topological polar surface area (TPSA) is 37.4 Å². The fourth-order valence-corrected chi connectivity index (χ4v) is 4.95. The Morgan fingerprint density at radius 2 is 1.57 bits per heavy atom. The van der Waals surface area contributed by atoms with Gasteiger partial charge in [-0.15, -0.1) is 0 Å². The molecule has 1 spiro atoms. The molecule has 106 valence electrons. The van der Waals surface area contributed by atoms with Crippen molar-refractivity contribution in [2.75, 3.05) is 4.90 Å². The van der Waals surface area contributed by atoms with Gasteiger partial charge in [0.1, 0.15) is 5.82 Å². The van der Waals surface area contributed by atoms with E-state index < -0.39 is 5.82 Å². The van der Waals surface area contributed by atoms with Crippen molar-refractivity contribution in [3.8, 4) is 0 Å². The first-order valence-corrected chi connectivity index (χ1v) is 7.46. The van der Waals surface area contributed by atoms with Crippen LogP contribution >= 0.6 is 0 Å². The predicted octanol–water partition coefficient (Wildman–Crippen LogP) is 2.53. The minimum absolute atomic E-state index is 0.103. The van der Waals surface area contributed by atoms with Gasteiger partial charge in [0.05, 0.1) is 17.5 Å². The number of para-hydroxylation sites is 1. The smallest absolute Gasteiger partial charge is 0.238 e. The number of hydrogen-bond donors (Lipinski definition) is 0. The molecule has 2 amide bonds. The Bertz CT molecular complexity index is 687. The second-order valence-corrected chi connectivity index (χ2v) is 6.68. The molecule has 0 aromatic heterocycles. The van der Waals surface area contributed by atoms with Gasteiger partial charge < -0.3 is 0 Å². The molecule has 2 saturated carbocycles. The molecule has 2 bridgehead atoms. The zero-order chi connectivity index (χ0) is 14.4. The third-order valence-corrected chi connectivity index (χ3v) is 5.95. The Morgan fingerprint density at radius 1 is 1.00 bits per heavy atom. The molecule has 3 nitrogen and oxygen atoms in total. The molecule has 5 rings (SSSR count). The molecule has 21 heavy (non-hydrogen) atoms. The number of carbonyl (C=O) groups excluding carboxylic acids is 2. The Kier molecular flexibility index (Phi) is 1.91. The second-order valence-electron chi connectivity index (χ2n) is 6.68. The number of rotatable bonds is 1. The molecule has 0 radical (unpaired) electrons. The molecule has 1 heterocycles. The Hall–Kier alpha value is -1.97. The molecular formula is C17H14FNO2. The van der Waals surface area contributed by atoms with E-state index in [1.165, 1.54) is 12.1 Å². The molecule has 1 aliphatic heterocycles. The lowest BCUT2D eigenvalue weighted by molar-refractivity contribution is -0.123. The van der Waals surface area contributed by atoms with Crippen LogP contribution in [0.15, 0.2) is 36.4 Å². The van der Waals surface area contributed by atoms with E-state index in [1.54, 1.807) is 12.1 Å². The highest BCUT2D eigenvalue weighted by Crippen LogP contribution is 2.73. The Balaban J connectivity index is 1.61. The Morgan fingerprint density at radius 3 is 2.10 bits per heavy atom. The molecule has 3 aliphatic carbocycles. The van der Waals surface area contributed by atoms with Gasteiger partial charge in [0, 0.05) is 0 Å². The maximum absolute atomic E-state index is 14.0. The highest BCUT2D eigenvalue weighted by molar-refractivity contribution is 6.23. The zero-order valence-electron chi connectivity index (χ0n) is 11.3. The third-order valence-electron chi connectivity index (χ3n) is 5.95. The fraction of sp³-hybridized carbons (Fsp3) is 0.412. The van der Waals surface area contributed by atoms with Crippen molar-refractivity contribution in [1.29, 1.82) is 0 Å². The lowest BCUT2D eigenvalue weighted by Crippen LogP contribution is -2.35. The number of halogens is 1. The predicted molar refractivity (Wildman–Crippen MR) is 73.7 cm³/mol. The quantitative estimate of drug-likeness (QED) is 0.586. The average molecular weight is 283 g/mol. The van der Waals surface area contributed by atoms with Crippen LogP contribution in [0.3, 0.4) is 0 Å². The molecule has 1 aromatic carbocycles. The van der Waals surface area contributed by atoms with Gasteiger partial charge >= 0.3 is 0 Å². The minimum atomic E-state index is -0.513. The SMILES string of the molecule is O=C1[C@@H]2[C@@H](C(=O)N1c1ccccc1F)[C@@H]1C=C[C@H]2C12CC2. The summed E-state index contributed by atoms with van der Waals surface area (Å²) in [6, 6.07) is 6.02. The van der Waals surface area contributed by atoms with Gasteiger partial charge in [-0.3, -0.25) is 9.59 Å². The largest absolute Gasteiger partial charge is 0.274 e. The van der Waals surface area contributed by atoms with Crippen LogP contribution in [-0.2, 0) is 9.59 Å². The molecule has 0 N–H and O–H groups in total. The number of allylic oxidation sites excluding steroid dienone is 2. The average Bonchev–Trinajstić information content (AvgIpc) is 3.07. The first-order valence-electron chi connectivity index (χ1n) is 7.46. The van der Waals surface area contributed by atoms with Crippen molar-refractivity contribution in [2.24, 2.45) is 29.1 Å². The number of nitrogens with zero attached hydrogens (tertiary/aromatic N) is 1. The van der Waals surface area contributed by atoms with Gasteiger partial charge in [-0.1, -0.05) is 24.3 Å². The molecule has 1 aromatic rings. The summed E-state index contributed by atoms with van der Waals surface area (Å²) in [5.41, 5.74) is 0.285. The van der Waals surface area contributed by atoms with Gasteiger partial charge in [0.2, 0.25) is 11.8 Å². The van der Waals surface area contributed by atoms with Gasteiger partial charge in [-0.25, -0.2) is 9.29 Å². The summed E-state index contributed by atoms with van der Waals surface area (Å²) in [7, 11) is 0. The maximum Gasteiger partial charge on any atom is 0.238 e. The molecule has 3 fully saturated rings. The van der Waals surface area contributed by atoms with E-state index in [0.717, 1.165) is 17.7 Å². The summed E-state index contributed by atoms with van der Waals surface area (Å²) < 4.78 is 14.0. The third kappa shape index (κ3) is 1.17. The van der Waals surface area contributed by atoms with Crippen LogP contribution < -0.4 is 4.90 Å². The van der Waals surface area contributed by atoms with Crippen LogP contribution in [0, 0.1) is 34.9 Å². The van der Waals surface area contributed by atoms with Gasteiger partial charge in [-0.05, 0) is 42.2 Å². The normalized spacial score (nSPS) is 37.7. The number of anilines is 1. The first-order chi connectivity index (χ1) is 10.1. The van der Waals surface area contributed by atoms with Crippen molar-refractivity contribution in [2.45, 2.75) is 12.8 Å². The van der Waals surface area contributed by atoms with E-state index in [1.807, 2.05) is 0 Å². The van der Waals surface area contributed by atoms with Crippen LogP contribution in [-0.4, -0.2) is 11.8 Å². The number of benzene rings is 1. The fourth-order valence-electron chi connectivity index (χ4n) is 4.95. The van der Waals surface area contributed by atoms with Crippen LogP contribution in [0.1, 0.15) is 12.8 Å². The molecule has 4 heteroatoms. The van der Waals surface area contributed by atoms with E-state index in [4.69, 9.17) is 0 Å². The lowest BCUT2D eigenvalue weighted by atomic mass is 9.85. The Labute approximate surface area is 121 Å². The summed E-state index contributed by atoms with van der Waals surface area (Å²) in [5, 5.41) is 0. The van der Waals surface area contributed by atoms with Gasteiger partial charge in [0.25, 0.3) is 0 Å². The van der Waals surface area contributed by atoms with E-state index in [9.17, 15) is 14.0 Å². The van der Waals surface area contributed by atoms with Crippen LogP contribution in [0.5, 0.6) is 0 Å². The standard InChI is InChI=1S/C17H14FNO2/c18-11-3-1-2-4-12(11)19-15(20)13-9-5-6-10(14(13)16(19)21)17(9)7-8-17/h1-6,9-10,13-14H,7-8H2/t9-,10+,13-,14-/m0/s1. The maximum atomic E-state index is 14.0. The van der Waals surface area contributed by atoms with E-state index in [0.29, 0.717) is 0 Å². The summed E-state index contributed by atoms with van der Waals surface area (Å²) >= 11 is 0.